The van der Waals surface area contributed by atoms with Crippen LogP contribution >= 0.6 is 0 Å². The van der Waals surface area contributed by atoms with Gasteiger partial charge in [0.2, 0.25) is 0 Å². The van der Waals surface area contributed by atoms with Crippen molar-refractivity contribution in [3.63, 3.8) is 0 Å². The first-order chi connectivity index (χ1) is 10.6. The molecular formula is C19H36N2O. The summed E-state index contributed by atoms with van der Waals surface area (Å²) in [4.78, 5) is 2.84. The third-order valence-electron chi connectivity index (χ3n) is 6.25. The summed E-state index contributed by atoms with van der Waals surface area (Å²) in [6.07, 6.45) is 12.4. The monoisotopic (exact) mass is 308 g/mol. The fourth-order valence-electron chi connectivity index (χ4n) is 5.05. The molecule has 2 heterocycles. The van der Waals surface area contributed by atoms with Crippen molar-refractivity contribution in [1.29, 1.82) is 0 Å². The molecule has 3 aliphatic rings. The number of rotatable bonds is 5. The van der Waals surface area contributed by atoms with E-state index in [0.717, 1.165) is 12.5 Å². The van der Waals surface area contributed by atoms with Crippen molar-refractivity contribution in [2.45, 2.75) is 82.8 Å². The highest BCUT2D eigenvalue weighted by Crippen LogP contribution is 2.36. The zero-order valence-corrected chi connectivity index (χ0v) is 14.8. The van der Waals surface area contributed by atoms with Gasteiger partial charge in [0, 0.05) is 18.7 Å². The largest absolute Gasteiger partial charge is 0.376 e. The topological polar surface area (TPSA) is 24.5 Å². The van der Waals surface area contributed by atoms with Crippen molar-refractivity contribution in [1.82, 2.24) is 10.2 Å². The van der Waals surface area contributed by atoms with E-state index in [0.29, 0.717) is 5.54 Å². The van der Waals surface area contributed by atoms with E-state index in [2.05, 4.69) is 24.1 Å². The zero-order chi connectivity index (χ0) is 15.5. The summed E-state index contributed by atoms with van der Waals surface area (Å²) in [5.74, 6) is 0.795. The summed E-state index contributed by atoms with van der Waals surface area (Å²) in [7, 11) is 0. The van der Waals surface area contributed by atoms with Crippen LogP contribution in [0.15, 0.2) is 0 Å². The number of hydrogen-bond donors (Lipinski definition) is 1. The first-order valence-corrected chi connectivity index (χ1v) is 9.69. The molecule has 0 aromatic carbocycles. The van der Waals surface area contributed by atoms with Crippen molar-refractivity contribution < 1.29 is 4.74 Å². The molecule has 1 atom stereocenters. The van der Waals surface area contributed by atoms with Crippen LogP contribution in [-0.2, 0) is 4.74 Å². The maximum atomic E-state index is 5.85. The average Bonchev–Trinajstić information content (AvgIpc) is 2.97. The van der Waals surface area contributed by atoms with Gasteiger partial charge in [0.25, 0.3) is 0 Å². The van der Waals surface area contributed by atoms with Crippen LogP contribution in [0.5, 0.6) is 0 Å². The third kappa shape index (κ3) is 4.04. The summed E-state index contributed by atoms with van der Waals surface area (Å²) in [6.45, 7) is 10.5. The van der Waals surface area contributed by atoms with Gasteiger partial charge in [-0.25, -0.2) is 0 Å². The minimum absolute atomic E-state index is 0.0858. The predicted molar refractivity (Wildman–Crippen MR) is 92.2 cm³/mol. The van der Waals surface area contributed by atoms with Crippen molar-refractivity contribution in [3.05, 3.63) is 0 Å². The molecule has 0 aromatic rings. The Kier molecular flexibility index (Phi) is 5.47. The van der Waals surface area contributed by atoms with Crippen LogP contribution in [0.3, 0.4) is 0 Å². The Morgan fingerprint density at radius 3 is 2.45 bits per heavy atom. The molecule has 3 nitrogen and oxygen atoms in total. The van der Waals surface area contributed by atoms with E-state index in [4.69, 9.17) is 4.74 Å². The summed E-state index contributed by atoms with van der Waals surface area (Å²) in [5, 5.41) is 3.88. The van der Waals surface area contributed by atoms with Crippen LogP contribution in [0, 0.1) is 5.92 Å². The van der Waals surface area contributed by atoms with Gasteiger partial charge in [-0.3, -0.25) is 4.90 Å². The summed E-state index contributed by atoms with van der Waals surface area (Å²) < 4.78 is 5.85. The molecule has 3 rings (SSSR count). The first kappa shape index (κ1) is 16.7. The Balaban J connectivity index is 1.49. The quantitative estimate of drug-likeness (QED) is 0.840. The number of ether oxygens (including phenoxy) is 1. The van der Waals surface area contributed by atoms with Crippen LogP contribution in [-0.4, -0.2) is 48.8 Å². The summed E-state index contributed by atoms with van der Waals surface area (Å²) in [6, 6.07) is 0. The molecular weight excluding hydrogens is 272 g/mol. The Morgan fingerprint density at radius 2 is 1.77 bits per heavy atom. The van der Waals surface area contributed by atoms with E-state index in [9.17, 15) is 0 Å². The lowest BCUT2D eigenvalue weighted by molar-refractivity contribution is -0.0722. The Morgan fingerprint density at radius 1 is 1.05 bits per heavy atom. The molecule has 1 unspecified atom stereocenters. The number of nitrogens with zero attached hydrogens (tertiary/aromatic N) is 1. The molecule has 128 valence electrons. The molecule has 22 heavy (non-hydrogen) atoms. The SMILES string of the molecule is CC1(C)CC(CNCC2(N3CCCCC3)CCCC2)CCO1. The van der Waals surface area contributed by atoms with Gasteiger partial charge in [-0.2, -0.15) is 0 Å². The van der Waals surface area contributed by atoms with Gasteiger partial charge in [0.05, 0.1) is 5.60 Å². The van der Waals surface area contributed by atoms with Crippen LogP contribution in [0.2, 0.25) is 0 Å². The van der Waals surface area contributed by atoms with E-state index in [-0.39, 0.29) is 5.60 Å². The molecule has 2 saturated heterocycles. The van der Waals surface area contributed by atoms with Crippen molar-refractivity contribution in [2.24, 2.45) is 5.92 Å². The highest BCUT2D eigenvalue weighted by atomic mass is 16.5. The minimum atomic E-state index is 0.0858. The van der Waals surface area contributed by atoms with Crippen LogP contribution in [0.4, 0.5) is 0 Å². The normalized spacial score (nSPS) is 32.2. The third-order valence-corrected chi connectivity index (χ3v) is 6.25. The Bertz CT molecular complexity index is 343. The molecule has 0 radical (unpaired) electrons. The van der Waals surface area contributed by atoms with Crippen LogP contribution < -0.4 is 5.32 Å². The first-order valence-electron chi connectivity index (χ1n) is 9.69. The van der Waals surface area contributed by atoms with E-state index in [1.54, 1.807) is 0 Å². The molecule has 1 N–H and O–H groups in total. The second kappa shape index (κ2) is 7.19. The second-order valence-corrected chi connectivity index (χ2v) is 8.58. The van der Waals surface area contributed by atoms with Gasteiger partial charge < -0.3 is 10.1 Å². The van der Waals surface area contributed by atoms with E-state index >= 15 is 0 Å². The maximum absolute atomic E-state index is 5.85. The fourth-order valence-corrected chi connectivity index (χ4v) is 5.05. The lowest BCUT2D eigenvalue weighted by Crippen LogP contribution is -2.55. The molecule has 0 amide bonds. The van der Waals surface area contributed by atoms with Crippen molar-refractivity contribution in [2.75, 3.05) is 32.8 Å². The molecule has 0 spiro atoms. The Labute approximate surface area is 137 Å². The molecule has 0 aromatic heterocycles. The van der Waals surface area contributed by atoms with E-state index < -0.39 is 0 Å². The number of piperidine rings is 1. The van der Waals surface area contributed by atoms with Gasteiger partial charge in [-0.05, 0) is 77.9 Å². The van der Waals surface area contributed by atoms with Gasteiger partial charge >= 0.3 is 0 Å². The molecule has 3 fully saturated rings. The fraction of sp³-hybridized carbons (Fsp3) is 1.00. The van der Waals surface area contributed by atoms with Crippen molar-refractivity contribution >= 4 is 0 Å². The van der Waals surface area contributed by atoms with Gasteiger partial charge in [-0.15, -0.1) is 0 Å². The number of hydrogen-bond acceptors (Lipinski definition) is 3. The molecule has 1 aliphatic carbocycles. The zero-order valence-electron chi connectivity index (χ0n) is 14.8. The Hall–Kier alpha value is -0.120. The minimum Gasteiger partial charge on any atom is -0.376 e. The smallest absolute Gasteiger partial charge is 0.0629 e. The lowest BCUT2D eigenvalue weighted by Gasteiger charge is -2.44. The highest BCUT2D eigenvalue weighted by Gasteiger charge is 2.39. The lowest BCUT2D eigenvalue weighted by atomic mass is 9.87. The standard InChI is InChI=1S/C19H36N2O/c1-18(2)14-17(8-13-22-18)15-20-16-19(9-4-5-10-19)21-11-6-3-7-12-21/h17,20H,3-16H2,1-2H3. The molecule has 0 bridgehead atoms. The maximum Gasteiger partial charge on any atom is 0.0629 e. The average molecular weight is 309 g/mol. The second-order valence-electron chi connectivity index (χ2n) is 8.58. The summed E-state index contributed by atoms with van der Waals surface area (Å²) >= 11 is 0. The molecule has 3 heteroatoms. The van der Waals surface area contributed by atoms with Gasteiger partial charge in [0.1, 0.15) is 0 Å². The number of nitrogens with one attached hydrogen (secondary N) is 1. The van der Waals surface area contributed by atoms with Crippen LogP contribution in [0.25, 0.3) is 0 Å². The molecule has 2 aliphatic heterocycles. The van der Waals surface area contributed by atoms with E-state index in [1.807, 2.05) is 0 Å². The summed E-state index contributed by atoms with van der Waals surface area (Å²) in [5.41, 5.74) is 0.573. The van der Waals surface area contributed by atoms with E-state index in [1.165, 1.54) is 84.0 Å². The van der Waals surface area contributed by atoms with Gasteiger partial charge in [-0.1, -0.05) is 19.3 Å². The highest BCUT2D eigenvalue weighted by molar-refractivity contribution is 4.97. The predicted octanol–water partition coefficient (Wildman–Crippen LogP) is 3.58. The van der Waals surface area contributed by atoms with Gasteiger partial charge in [0.15, 0.2) is 0 Å². The number of likely N-dealkylation sites (tertiary alicyclic amines) is 1. The van der Waals surface area contributed by atoms with Crippen LogP contribution in [0.1, 0.15) is 71.6 Å². The van der Waals surface area contributed by atoms with Crippen molar-refractivity contribution in [3.8, 4) is 0 Å². The molecule has 1 saturated carbocycles.